The molecule has 2 unspecified atom stereocenters. The highest BCUT2D eigenvalue weighted by atomic mass is 16.6. The molecule has 4 aliphatic heterocycles. The molecule has 220 valence electrons. The Morgan fingerprint density at radius 3 is 2.14 bits per heavy atom. The van der Waals surface area contributed by atoms with Crippen LogP contribution in [0.25, 0.3) is 11.1 Å². The van der Waals surface area contributed by atoms with E-state index in [0.717, 1.165) is 84.0 Å². The molecule has 0 amide bonds. The van der Waals surface area contributed by atoms with Crippen molar-refractivity contribution in [2.45, 2.75) is 37.8 Å². The number of methoxy groups -OCH3 is 2. The molecule has 1 N–H and O–H groups in total. The molecule has 4 aromatic rings. The number of hydrogen-bond donors (Lipinski definition) is 1. The van der Waals surface area contributed by atoms with Crippen molar-refractivity contribution in [3.05, 3.63) is 88.0 Å². The van der Waals surface area contributed by atoms with Gasteiger partial charge in [-0.15, -0.1) is 0 Å². The first-order valence-electron chi connectivity index (χ1n) is 15.1. The van der Waals surface area contributed by atoms with Gasteiger partial charge in [-0.05, 0) is 110 Å². The second-order valence-corrected chi connectivity index (χ2v) is 12.3. The van der Waals surface area contributed by atoms with Crippen molar-refractivity contribution in [1.82, 2.24) is 9.80 Å². The van der Waals surface area contributed by atoms with E-state index in [-0.39, 0.29) is 17.8 Å². The summed E-state index contributed by atoms with van der Waals surface area (Å²) in [4.78, 5) is 4.82. The van der Waals surface area contributed by atoms with Gasteiger partial charge in [0.25, 0.3) is 0 Å². The first-order chi connectivity index (χ1) is 20.9. The van der Waals surface area contributed by atoms with Gasteiger partial charge >= 0.3 is 0 Å². The van der Waals surface area contributed by atoms with Gasteiger partial charge < -0.3 is 24.1 Å². The minimum absolute atomic E-state index is 0.0450. The van der Waals surface area contributed by atoms with E-state index in [9.17, 15) is 5.11 Å². The molecule has 0 radical (unpaired) electrons. The summed E-state index contributed by atoms with van der Waals surface area (Å²) in [7, 11) is 7.75. The highest BCUT2D eigenvalue weighted by Crippen LogP contribution is 2.56. The Labute approximate surface area is 252 Å². The summed E-state index contributed by atoms with van der Waals surface area (Å²) < 4.78 is 25.2. The van der Waals surface area contributed by atoms with Crippen LogP contribution in [0.4, 0.5) is 0 Å². The Morgan fingerprint density at radius 2 is 1.35 bits per heavy atom. The molecule has 7 bridgehead atoms. The summed E-state index contributed by atoms with van der Waals surface area (Å²) in [6, 6.07) is 19.0. The smallest absolute Gasteiger partial charge is 0.212 e. The van der Waals surface area contributed by atoms with Crippen molar-refractivity contribution < 1.29 is 24.1 Å². The lowest BCUT2D eigenvalue weighted by Crippen LogP contribution is -2.34. The summed E-state index contributed by atoms with van der Waals surface area (Å²) in [5.41, 5.74) is 8.90. The summed E-state index contributed by atoms with van der Waals surface area (Å²) in [5, 5.41) is 11.1. The van der Waals surface area contributed by atoms with Gasteiger partial charge in [0.2, 0.25) is 5.75 Å². The molecule has 4 aliphatic rings. The zero-order valence-electron chi connectivity index (χ0n) is 25.1. The number of ether oxygens (including phenoxy) is 4. The highest BCUT2D eigenvalue weighted by Gasteiger charge is 2.37. The van der Waals surface area contributed by atoms with E-state index < -0.39 is 0 Å². The molecule has 0 aliphatic carbocycles. The van der Waals surface area contributed by atoms with E-state index in [4.69, 9.17) is 18.9 Å². The number of nitrogens with zero attached hydrogens (tertiary/aromatic N) is 2. The van der Waals surface area contributed by atoms with Crippen molar-refractivity contribution in [2.24, 2.45) is 0 Å². The third-order valence-corrected chi connectivity index (χ3v) is 9.87. The quantitative estimate of drug-likeness (QED) is 0.247. The van der Waals surface area contributed by atoms with Gasteiger partial charge in [-0.2, -0.15) is 0 Å². The van der Waals surface area contributed by atoms with Crippen LogP contribution in [0.15, 0.2) is 54.6 Å². The Morgan fingerprint density at radius 1 is 0.698 bits per heavy atom. The Kier molecular flexibility index (Phi) is 6.10. The van der Waals surface area contributed by atoms with E-state index in [1.807, 2.05) is 18.2 Å². The molecule has 7 heteroatoms. The molecule has 0 fully saturated rings. The van der Waals surface area contributed by atoms with Gasteiger partial charge in [-0.25, -0.2) is 0 Å². The fraction of sp³-hybridized carbons (Fsp3) is 0.333. The van der Waals surface area contributed by atoms with Gasteiger partial charge in [0.1, 0.15) is 11.5 Å². The first-order valence-corrected chi connectivity index (χ1v) is 15.1. The molecule has 8 rings (SSSR count). The van der Waals surface area contributed by atoms with Crippen LogP contribution in [0, 0.1) is 0 Å². The number of rotatable bonds is 2. The molecule has 43 heavy (non-hydrogen) atoms. The van der Waals surface area contributed by atoms with Gasteiger partial charge in [0.05, 0.1) is 14.2 Å². The molecule has 4 aromatic carbocycles. The van der Waals surface area contributed by atoms with Crippen molar-refractivity contribution >= 4 is 0 Å². The monoisotopic (exact) mass is 576 g/mol. The zero-order valence-corrected chi connectivity index (χ0v) is 25.1. The number of aromatic hydroxyl groups is 1. The third kappa shape index (κ3) is 4.17. The van der Waals surface area contributed by atoms with Crippen LogP contribution >= 0.6 is 0 Å². The van der Waals surface area contributed by atoms with Crippen molar-refractivity contribution in [2.75, 3.05) is 41.4 Å². The summed E-state index contributed by atoms with van der Waals surface area (Å²) in [5.74, 6) is 4.58. The SMILES string of the molecule is COc1ccc2cc1-c1cc(ccc1O)CC1c3c(cc(OC)c4c3Oc3cc5c(cc3O4)CCN(C)C5C2)CCN1C. The van der Waals surface area contributed by atoms with E-state index >= 15 is 0 Å². The van der Waals surface area contributed by atoms with Crippen LogP contribution in [-0.2, 0) is 25.7 Å². The largest absolute Gasteiger partial charge is 0.507 e. The van der Waals surface area contributed by atoms with Crippen molar-refractivity contribution in [1.29, 1.82) is 0 Å². The molecule has 0 saturated carbocycles. The van der Waals surface area contributed by atoms with Gasteiger partial charge in [0, 0.05) is 41.9 Å². The van der Waals surface area contributed by atoms with Gasteiger partial charge in [0.15, 0.2) is 23.0 Å². The van der Waals surface area contributed by atoms with Crippen LogP contribution < -0.4 is 18.9 Å². The third-order valence-electron chi connectivity index (χ3n) is 9.87. The van der Waals surface area contributed by atoms with Gasteiger partial charge in [-0.1, -0.05) is 12.1 Å². The van der Waals surface area contributed by atoms with Crippen LogP contribution in [-0.4, -0.2) is 56.3 Å². The maximum atomic E-state index is 11.1. The number of phenolic OH excluding ortho intramolecular Hbond substituents is 1. The Balaban J connectivity index is 1.40. The molecular formula is C36H36N2O5. The molecule has 0 aromatic heterocycles. The highest BCUT2D eigenvalue weighted by molar-refractivity contribution is 5.77. The van der Waals surface area contributed by atoms with E-state index in [2.05, 4.69) is 60.3 Å². The summed E-state index contributed by atoms with van der Waals surface area (Å²) >= 11 is 0. The number of likely N-dealkylation sites (N-methyl/N-ethyl adjacent to an activating group) is 2. The minimum Gasteiger partial charge on any atom is -0.507 e. The normalized spacial score (nSPS) is 20.3. The second-order valence-electron chi connectivity index (χ2n) is 12.3. The van der Waals surface area contributed by atoms with E-state index in [0.29, 0.717) is 11.5 Å². The number of phenols is 1. The number of benzene rings is 4. The molecule has 0 spiro atoms. The van der Waals surface area contributed by atoms with Crippen LogP contribution in [0.5, 0.6) is 40.2 Å². The lowest BCUT2D eigenvalue weighted by atomic mass is 9.85. The molecule has 0 saturated heterocycles. The fourth-order valence-electron chi connectivity index (χ4n) is 7.48. The topological polar surface area (TPSA) is 63.6 Å². The van der Waals surface area contributed by atoms with Gasteiger partial charge in [-0.3, -0.25) is 9.80 Å². The Bertz CT molecular complexity index is 1780. The average Bonchev–Trinajstić information content (AvgIpc) is 3.02. The Hall–Kier alpha value is -4.20. The van der Waals surface area contributed by atoms with Crippen molar-refractivity contribution in [3.8, 4) is 51.4 Å². The molecule has 7 nitrogen and oxygen atoms in total. The van der Waals surface area contributed by atoms with Crippen molar-refractivity contribution in [3.63, 3.8) is 0 Å². The average molecular weight is 577 g/mol. The van der Waals surface area contributed by atoms with Crippen LogP contribution in [0.1, 0.15) is 45.5 Å². The summed E-state index contributed by atoms with van der Waals surface area (Å²) in [6.45, 7) is 1.87. The second kappa shape index (κ2) is 9.93. The predicted octanol–water partition coefficient (Wildman–Crippen LogP) is 6.83. The zero-order chi connectivity index (χ0) is 29.4. The molecule has 2 atom stereocenters. The lowest BCUT2D eigenvalue weighted by Gasteiger charge is -2.39. The number of fused-ring (bicyclic) bond motifs is 5. The predicted molar refractivity (Wildman–Crippen MR) is 165 cm³/mol. The van der Waals surface area contributed by atoms with Crippen LogP contribution in [0.3, 0.4) is 0 Å². The maximum absolute atomic E-state index is 11.1. The maximum Gasteiger partial charge on any atom is 0.212 e. The fourth-order valence-corrected chi connectivity index (χ4v) is 7.48. The van der Waals surface area contributed by atoms with Crippen LogP contribution in [0.2, 0.25) is 0 Å². The molecule has 4 heterocycles. The van der Waals surface area contributed by atoms with E-state index in [1.54, 1.807) is 14.2 Å². The number of hydrogen-bond acceptors (Lipinski definition) is 7. The standard InChI is InChI=1S/C36H36N2O5/c1-37-11-9-22-17-31-32-19-24(22)27(37)15-21-6-8-30(40-3)26(14-21)25-13-20(5-7-29(25)39)16-28-34-23(10-12-38(28)2)18-33(41-4)35(42-31)36(34)43-32/h5-8,13-14,17-19,27-28,39H,9-12,15-16H2,1-4H3. The molecular weight excluding hydrogens is 540 g/mol. The minimum atomic E-state index is 0.0450. The first kappa shape index (κ1) is 26.4. The lowest BCUT2D eigenvalue weighted by molar-refractivity contribution is 0.218. The van der Waals surface area contributed by atoms with E-state index in [1.165, 1.54) is 22.3 Å². The summed E-state index contributed by atoms with van der Waals surface area (Å²) in [6.07, 6.45) is 3.39.